The van der Waals surface area contributed by atoms with Crippen LogP contribution in [0.2, 0.25) is 0 Å². The predicted molar refractivity (Wildman–Crippen MR) is 83.7 cm³/mol. The Morgan fingerprint density at radius 3 is 2.76 bits per heavy atom. The van der Waals surface area contributed by atoms with E-state index in [1.165, 1.54) is 0 Å². The number of anilines is 1. The van der Waals surface area contributed by atoms with Crippen LogP contribution in [0.3, 0.4) is 0 Å². The molecule has 21 heavy (non-hydrogen) atoms. The van der Waals surface area contributed by atoms with Crippen LogP contribution in [0.5, 0.6) is 0 Å². The first kappa shape index (κ1) is 17.8. The van der Waals surface area contributed by atoms with E-state index in [9.17, 15) is 5.11 Å². The van der Waals surface area contributed by atoms with Gasteiger partial charge in [-0.25, -0.2) is 4.98 Å². The maximum atomic E-state index is 9.78. The van der Waals surface area contributed by atoms with Crippen LogP contribution in [0.25, 0.3) is 0 Å². The Hall–Kier alpha value is -1.21. The van der Waals surface area contributed by atoms with E-state index in [1.54, 1.807) is 14.2 Å². The summed E-state index contributed by atoms with van der Waals surface area (Å²) < 4.78 is 9.93. The first-order valence-corrected chi connectivity index (χ1v) is 7.11. The van der Waals surface area contributed by atoms with E-state index < -0.39 is 6.10 Å². The summed E-state index contributed by atoms with van der Waals surface area (Å²) in [6, 6.07) is 2.11. The van der Waals surface area contributed by atoms with Crippen LogP contribution in [0.4, 0.5) is 5.82 Å². The van der Waals surface area contributed by atoms with Gasteiger partial charge < -0.3 is 24.8 Å². The third-order valence-electron chi connectivity index (χ3n) is 3.12. The van der Waals surface area contributed by atoms with Gasteiger partial charge in [0.1, 0.15) is 5.82 Å². The number of nitrogens with one attached hydrogen (secondary N) is 1. The first-order valence-electron chi connectivity index (χ1n) is 7.11. The molecular weight excluding hydrogens is 270 g/mol. The topological polar surface area (TPSA) is 66.9 Å². The van der Waals surface area contributed by atoms with Crippen molar-refractivity contribution in [1.82, 2.24) is 10.3 Å². The largest absolute Gasteiger partial charge is 0.389 e. The van der Waals surface area contributed by atoms with Crippen LogP contribution < -0.4 is 10.2 Å². The first-order chi connectivity index (χ1) is 10.1. The SMILES string of the molecule is COCCNCc1cnc(N(C)CC(O)COC)c(C)c1. The minimum Gasteiger partial charge on any atom is -0.389 e. The minimum absolute atomic E-state index is 0.324. The molecule has 0 saturated carbocycles. The Balaban J connectivity index is 2.56. The van der Waals surface area contributed by atoms with Crippen molar-refractivity contribution in [3.8, 4) is 0 Å². The Bertz CT molecular complexity index is 415. The highest BCUT2D eigenvalue weighted by Gasteiger charge is 2.12. The molecule has 0 bridgehead atoms. The van der Waals surface area contributed by atoms with Gasteiger partial charge in [-0.3, -0.25) is 0 Å². The third-order valence-corrected chi connectivity index (χ3v) is 3.12. The van der Waals surface area contributed by atoms with Gasteiger partial charge in [0.15, 0.2) is 0 Å². The molecule has 1 aromatic heterocycles. The van der Waals surface area contributed by atoms with Crippen molar-refractivity contribution in [2.45, 2.75) is 19.6 Å². The van der Waals surface area contributed by atoms with E-state index in [0.29, 0.717) is 19.8 Å². The molecule has 0 amide bonds. The molecular formula is C15H27N3O3. The number of hydrogen-bond acceptors (Lipinski definition) is 6. The lowest BCUT2D eigenvalue weighted by molar-refractivity contribution is 0.0694. The van der Waals surface area contributed by atoms with Crippen LogP contribution in [0, 0.1) is 6.92 Å². The maximum absolute atomic E-state index is 9.78. The van der Waals surface area contributed by atoms with Crippen molar-refractivity contribution in [2.24, 2.45) is 0 Å². The Kier molecular flexibility index (Phi) is 8.22. The Labute approximate surface area is 127 Å². The Morgan fingerprint density at radius 1 is 1.38 bits per heavy atom. The molecule has 0 spiro atoms. The predicted octanol–water partition coefficient (Wildman–Crippen LogP) is 0.570. The second-order valence-electron chi connectivity index (χ2n) is 5.14. The normalized spacial score (nSPS) is 12.4. The summed E-state index contributed by atoms with van der Waals surface area (Å²) in [5.74, 6) is 0.880. The van der Waals surface area contributed by atoms with Crippen LogP contribution in [-0.4, -0.2) is 63.8 Å². The van der Waals surface area contributed by atoms with Crippen LogP contribution in [-0.2, 0) is 16.0 Å². The molecule has 0 aliphatic carbocycles. The molecule has 0 fully saturated rings. The highest BCUT2D eigenvalue weighted by molar-refractivity contribution is 5.46. The fourth-order valence-corrected chi connectivity index (χ4v) is 2.18. The van der Waals surface area contributed by atoms with Gasteiger partial charge in [0.05, 0.1) is 19.3 Å². The summed E-state index contributed by atoms with van der Waals surface area (Å²) in [6.07, 6.45) is 1.35. The number of pyridine rings is 1. The van der Waals surface area contributed by atoms with Gasteiger partial charge in [-0.2, -0.15) is 0 Å². The molecule has 0 aromatic carbocycles. The third kappa shape index (κ3) is 6.39. The van der Waals surface area contributed by atoms with E-state index in [0.717, 1.165) is 30.0 Å². The van der Waals surface area contributed by atoms with Gasteiger partial charge in [0.2, 0.25) is 0 Å². The van der Waals surface area contributed by atoms with Gasteiger partial charge in [-0.15, -0.1) is 0 Å². The zero-order valence-corrected chi connectivity index (χ0v) is 13.4. The number of likely N-dealkylation sites (N-methyl/N-ethyl adjacent to an activating group) is 1. The van der Waals surface area contributed by atoms with E-state index in [-0.39, 0.29) is 0 Å². The molecule has 2 N–H and O–H groups in total. The second-order valence-corrected chi connectivity index (χ2v) is 5.14. The molecule has 1 aromatic rings. The molecule has 0 aliphatic heterocycles. The molecule has 0 saturated heterocycles. The van der Waals surface area contributed by atoms with Crippen molar-refractivity contribution >= 4 is 5.82 Å². The minimum atomic E-state index is -0.517. The number of methoxy groups -OCH3 is 2. The lowest BCUT2D eigenvalue weighted by Gasteiger charge is -2.23. The van der Waals surface area contributed by atoms with Crippen LogP contribution in [0.1, 0.15) is 11.1 Å². The molecule has 1 heterocycles. The summed E-state index contributed by atoms with van der Waals surface area (Å²) in [6.45, 7) is 5.14. The molecule has 1 rings (SSSR count). The second kappa shape index (κ2) is 9.68. The smallest absolute Gasteiger partial charge is 0.131 e. The fraction of sp³-hybridized carbons (Fsp3) is 0.667. The number of ether oxygens (including phenoxy) is 2. The number of rotatable bonds is 10. The number of hydrogen-bond donors (Lipinski definition) is 2. The van der Waals surface area contributed by atoms with Gasteiger partial charge in [-0.05, 0) is 24.1 Å². The molecule has 120 valence electrons. The summed E-state index contributed by atoms with van der Waals surface area (Å²) in [7, 11) is 5.19. The molecule has 6 nitrogen and oxygen atoms in total. The van der Waals surface area contributed by atoms with Crippen molar-refractivity contribution in [3.05, 3.63) is 23.4 Å². The van der Waals surface area contributed by atoms with Crippen molar-refractivity contribution in [1.29, 1.82) is 0 Å². The van der Waals surface area contributed by atoms with Gasteiger partial charge in [-0.1, -0.05) is 0 Å². The van der Waals surface area contributed by atoms with Crippen molar-refractivity contribution in [3.63, 3.8) is 0 Å². The molecule has 0 radical (unpaired) electrons. The summed E-state index contributed by atoms with van der Waals surface area (Å²) in [4.78, 5) is 6.44. The molecule has 1 atom stereocenters. The van der Waals surface area contributed by atoms with E-state index in [2.05, 4.69) is 16.4 Å². The van der Waals surface area contributed by atoms with Crippen molar-refractivity contribution in [2.75, 3.05) is 52.5 Å². The number of aliphatic hydroxyl groups is 1. The summed E-state index contributed by atoms with van der Waals surface area (Å²) in [5, 5.41) is 13.1. The number of aryl methyl sites for hydroxylation is 1. The fourth-order valence-electron chi connectivity index (χ4n) is 2.18. The number of aromatic nitrogens is 1. The summed E-state index contributed by atoms with van der Waals surface area (Å²) >= 11 is 0. The van der Waals surface area contributed by atoms with E-state index in [1.807, 2.05) is 25.1 Å². The summed E-state index contributed by atoms with van der Waals surface area (Å²) in [5.41, 5.74) is 2.23. The quantitative estimate of drug-likeness (QED) is 0.616. The standard InChI is InChI=1S/C15H27N3O3/c1-12-7-13(8-16-5-6-20-3)9-17-15(12)18(2)10-14(19)11-21-4/h7,9,14,16,19H,5-6,8,10-11H2,1-4H3. The van der Waals surface area contributed by atoms with Crippen LogP contribution in [0.15, 0.2) is 12.3 Å². The lowest BCUT2D eigenvalue weighted by Crippen LogP contribution is -2.32. The van der Waals surface area contributed by atoms with Gasteiger partial charge >= 0.3 is 0 Å². The highest BCUT2D eigenvalue weighted by atomic mass is 16.5. The highest BCUT2D eigenvalue weighted by Crippen LogP contribution is 2.17. The maximum Gasteiger partial charge on any atom is 0.131 e. The molecule has 0 aliphatic rings. The van der Waals surface area contributed by atoms with Gasteiger partial charge in [0, 0.05) is 47.1 Å². The van der Waals surface area contributed by atoms with E-state index >= 15 is 0 Å². The molecule has 1 unspecified atom stereocenters. The number of nitrogens with zero attached hydrogens (tertiary/aromatic N) is 2. The van der Waals surface area contributed by atoms with Crippen LogP contribution >= 0.6 is 0 Å². The zero-order valence-electron chi connectivity index (χ0n) is 13.4. The monoisotopic (exact) mass is 297 g/mol. The lowest BCUT2D eigenvalue weighted by atomic mass is 10.2. The average molecular weight is 297 g/mol. The zero-order chi connectivity index (χ0) is 15.7. The Morgan fingerprint density at radius 2 is 2.14 bits per heavy atom. The number of aliphatic hydroxyl groups excluding tert-OH is 1. The molecule has 6 heteroatoms. The van der Waals surface area contributed by atoms with Crippen molar-refractivity contribution < 1.29 is 14.6 Å². The van der Waals surface area contributed by atoms with E-state index in [4.69, 9.17) is 9.47 Å². The average Bonchev–Trinajstić information content (AvgIpc) is 2.43. The van der Waals surface area contributed by atoms with Gasteiger partial charge in [0.25, 0.3) is 0 Å².